The highest BCUT2D eigenvalue weighted by atomic mass is 19.4. The monoisotopic (exact) mass is 378 g/mol. The average molecular weight is 378 g/mol. The normalized spacial score (nSPS) is 16.2. The van der Waals surface area contributed by atoms with Crippen LogP contribution in [0, 0.1) is 5.92 Å². The van der Waals surface area contributed by atoms with E-state index in [1.807, 2.05) is 24.3 Å². The SMILES string of the molecule is O=C(NCCc1ccccc1C(F)(F)F)NCC1COc2ccccc2C1. The molecule has 0 saturated heterocycles. The third-order valence-electron chi connectivity index (χ3n) is 4.51. The van der Waals surface area contributed by atoms with Gasteiger partial charge in [0, 0.05) is 19.0 Å². The Morgan fingerprint density at radius 3 is 2.63 bits per heavy atom. The molecule has 0 aliphatic carbocycles. The van der Waals surface area contributed by atoms with Crippen molar-refractivity contribution in [3.63, 3.8) is 0 Å². The van der Waals surface area contributed by atoms with Gasteiger partial charge in [0.05, 0.1) is 12.2 Å². The Morgan fingerprint density at radius 2 is 1.81 bits per heavy atom. The molecule has 0 fully saturated rings. The summed E-state index contributed by atoms with van der Waals surface area (Å²) in [4.78, 5) is 11.9. The quantitative estimate of drug-likeness (QED) is 0.832. The topological polar surface area (TPSA) is 50.4 Å². The van der Waals surface area contributed by atoms with E-state index in [2.05, 4.69) is 10.6 Å². The Bertz CT molecular complexity index is 793. The van der Waals surface area contributed by atoms with Crippen molar-refractivity contribution in [1.82, 2.24) is 10.6 Å². The lowest BCUT2D eigenvalue weighted by atomic mass is 9.97. The Morgan fingerprint density at radius 1 is 1.07 bits per heavy atom. The second-order valence-electron chi connectivity index (χ2n) is 6.53. The molecule has 7 heteroatoms. The Balaban J connectivity index is 1.42. The molecular formula is C20H21F3N2O2. The first-order chi connectivity index (χ1) is 12.9. The summed E-state index contributed by atoms with van der Waals surface area (Å²) in [5.41, 5.74) is 0.618. The first kappa shape index (κ1) is 19.1. The van der Waals surface area contributed by atoms with Crippen LogP contribution in [0.3, 0.4) is 0 Å². The molecule has 2 N–H and O–H groups in total. The van der Waals surface area contributed by atoms with Crippen molar-refractivity contribution < 1.29 is 22.7 Å². The van der Waals surface area contributed by atoms with Crippen molar-refractivity contribution >= 4 is 6.03 Å². The molecular weight excluding hydrogens is 357 g/mol. The molecule has 1 unspecified atom stereocenters. The Kier molecular flexibility index (Phi) is 5.88. The number of fused-ring (bicyclic) bond motifs is 1. The summed E-state index contributed by atoms with van der Waals surface area (Å²) in [6.45, 7) is 1.10. The fraction of sp³-hybridized carbons (Fsp3) is 0.350. The molecule has 1 heterocycles. The lowest BCUT2D eigenvalue weighted by Crippen LogP contribution is -2.41. The highest BCUT2D eigenvalue weighted by Crippen LogP contribution is 2.32. The maximum Gasteiger partial charge on any atom is 0.416 e. The number of carbonyl (C=O) groups excluding carboxylic acids is 1. The summed E-state index contributed by atoms with van der Waals surface area (Å²) in [5.74, 6) is 1.04. The third-order valence-corrected chi connectivity index (χ3v) is 4.51. The second kappa shape index (κ2) is 8.33. The van der Waals surface area contributed by atoms with E-state index in [0.29, 0.717) is 13.2 Å². The molecule has 2 aromatic rings. The van der Waals surface area contributed by atoms with Crippen molar-refractivity contribution in [1.29, 1.82) is 0 Å². The van der Waals surface area contributed by atoms with Crippen molar-refractivity contribution in [2.24, 2.45) is 5.92 Å². The van der Waals surface area contributed by atoms with E-state index >= 15 is 0 Å². The molecule has 0 spiro atoms. The zero-order valence-corrected chi connectivity index (χ0v) is 14.7. The maximum absolute atomic E-state index is 13.0. The van der Waals surface area contributed by atoms with Gasteiger partial charge < -0.3 is 15.4 Å². The second-order valence-corrected chi connectivity index (χ2v) is 6.53. The summed E-state index contributed by atoms with van der Waals surface area (Å²) in [7, 11) is 0. The highest BCUT2D eigenvalue weighted by Gasteiger charge is 2.32. The van der Waals surface area contributed by atoms with Crippen molar-refractivity contribution in [3.05, 3.63) is 65.2 Å². The van der Waals surface area contributed by atoms with E-state index in [9.17, 15) is 18.0 Å². The molecule has 0 aromatic heterocycles. The van der Waals surface area contributed by atoms with Crippen LogP contribution in [0.1, 0.15) is 16.7 Å². The number of hydrogen-bond donors (Lipinski definition) is 2. The molecule has 0 bridgehead atoms. The molecule has 2 aromatic carbocycles. The molecule has 1 aliphatic rings. The largest absolute Gasteiger partial charge is 0.493 e. The van der Waals surface area contributed by atoms with Gasteiger partial charge in [-0.1, -0.05) is 36.4 Å². The van der Waals surface area contributed by atoms with Crippen LogP contribution in [-0.4, -0.2) is 25.7 Å². The number of ether oxygens (including phenoxy) is 1. The molecule has 0 saturated carbocycles. The van der Waals surface area contributed by atoms with E-state index in [4.69, 9.17) is 4.74 Å². The average Bonchev–Trinajstić information content (AvgIpc) is 2.66. The number of halogens is 3. The summed E-state index contributed by atoms with van der Waals surface area (Å²) >= 11 is 0. The predicted octanol–water partition coefficient (Wildman–Crippen LogP) is 3.80. The van der Waals surface area contributed by atoms with Crippen molar-refractivity contribution in [2.75, 3.05) is 19.7 Å². The third kappa shape index (κ3) is 5.15. The molecule has 1 aliphatic heterocycles. The highest BCUT2D eigenvalue weighted by molar-refractivity contribution is 5.73. The number of nitrogens with one attached hydrogen (secondary N) is 2. The Labute approximate surface area is 155 Å². The minimum absolute atomic E-state index is 0.114. The van der Waals surface area contributed by atoms with Gasteiger partial charge in [0.25, 0.3) is 0 Å². The number of hydrogen-bond acceptors (Lipinski definition) is 2. The first-order valence-corrected chi connectivity index (χ1v) is 8.81. The maximum atomic E-state index is 13.0. The molecule has 144 valence electrons. The fourth-order valence-electron chi connectivity index (χ4n) is 3.15. The number of para-hydroxylation sites is 1. The molecule has 0 radical (unpaired) electrons. The lowest BCUT2D eigenvalue weighted by Gasteiger charge is -2.25. The summed E-state index contributed by atoms with van der Waals surface area (Å²) in [6, 6.07) is 12.8. The zero-order valence-electron chi connectivity index (χ0n) is 14.7. The van der Waals surface area contributed by atoms with E-state index in [1.54, 1.807) is 6.07 Å². The van der Waals surface area contributed by atoms with Gasteiger partial charge in [0.15, 0.2) is 0 Å². The standard InChI is InChI=1S/C20H21F3N2O2/c21-20(22,23)17-7-3-1-5-15(17)9-10-24-19(26)25-12-14-11-16-6-2-4-8-18(16)27-13-14/h1-8,14H,9-13H2,(H2,24,25,26). The van der Waals surface area contributed by atoms with E-state index in [-0.39, 0.29) is 24.4 Å². The smallest absolute Gasteiger partial charge is 0.416 e. The summed E-state index contributed by atoms with van der Waals surface area (Å²) in [6.07, 6.45) is -3.46. The van der Waals surface area contributed by atoms with Gasteiger partial charge in [-0.05, 0) is 36.1 Å². The van der Waals surface area contributed by atoms with Crippen LogP contribution in [0.4, 0.5) is 18.0 Å². The Hall–Kier alpha value is -2.70. The van der Waals surface area contributed by atoms with Crippen LogP contribution < -0.4 is 15.4 Å². The summed E-state index contributed by atoms with van der Waals surface area (Å²) in [5, 5.41) is 5.37. The lowest BCUT2D eigenvalue weighted by molar-refractivity contribution is -0.138. The van der Waals surface area contributed by atoms with Crippen molar-refractivity contribution in [3.8, 4) is 5.75 Å². The van der Waals surface area contributed by atoms with Gasteiger partial charge in [-0.3, -0.25) is 0 Å². The minimum atomic E-state index is -4.39. The predicted molar refractivity (Wildman–Crippen MR) is 95.7 cm³/mol. The van der Waals surface area contributed by atoms with Crippen LogP contribution in [0.2, 0.25) is 0 Å². The van der Waals surface area contributed by atoms with Crippen LogP contribution >= 0.6 is 0 Å². The van der Waals surface area contributed by atoms with Crippen LogP contribution in [0.5, 0.6) is 5.75 Å². The van der Waals surface area contributed by atoms with Gasteiger partial charge in [-0.15, -0.1) is 0 Å². The van der Waals surface area contributed by atoms with E-state index < -0.39 is 17.8 Å². The zero-order chi connectivity index (χ0) is 19.3. The fourth-order valence-corrected chi connectivity index (χ4v) is 3.15. The van der Waals surface area contributed by atoms with Crippen molar-refractivity contribution in [2.45, 2.75) is 19.0 Å². The number of alkyl halides is 3. The molecule has 2 amide bonds. The van der Waals surface area contributed by atoms with Crippen LogP contribution in [0.25, 0.3) is 0 Å². The minimum Gasteiger partial charge on any atom is -0.493 e. The first-order valence-electron chi connectivity index (χ1n) is 8.81. The number of rotatable bonds is 5. The van der Waals surface area contributed by atoms with E-state index in [1.165, 1.54) is 12.1 Å². The van der Waals surface area contributed by atoms with Gasteiger partial charge in [0.2, 0.25) is 0 Å². The number of carbonyl (C=O) groups is 1. The molecule has 1 atom stereocenters. The molecule has 27 heavy (non-hydrogen) atoms. The van der Waals surface area contributed by atoms with Gasteiger partial charge in [0.1, 0.15) is 5.75 Å². The van der Waals surface area contributed by atoms with Gasteiger partial charge >= 0.3 is 12.2 Å². The number of urea groups is 1. The number of benzene rings is 2. The summed E-state index contributed by atoms with van der Waals surface area (Å²) < 4.78 is 44.5. The van der Waals surface area contributed by atoms with E-state index in [0.717, 1.165) is 23.8 Å². The molecule has 3 rings (SSSR count). The molecule has 4 nitrogen and oxygen atoms in total. The van der Waals surface area contributed by atoms with Gasteiger partial charge in [-0.2, -0.15) is 13.2 Å². The van der Waals surface area contributed by atoms with Crippen LogP contribution in [-0.2, 0) is 19.0 Å². The number of amides is 2. The van der Waals surface area contributed by atoms with Crippen LogP contribution in [0.15, 0.2) is 48.5 Å². The van der Waals surface area contributed by atoms with Gasteiger partial charge in [-0.25, -0.2) is 4.79 Å².